The summed E-state index contributed by atoms with van der Waals surface area (Å²) in [4.78, 5) is 12.3. The number of ether oxygens (including phenoxy) is 1. The lowest BCUT2D eigenvalue weighted by molar-refractivity contribution is 0.0938. The van der Waals surface area contributed by atoms with Gasteiger partial charge in [-0.2, -0.15) is 0 Å². The molecule has 20 heavy (non-hydrogen) atoms. The zero-order chi connectivity index (χ0) is 14.7. The number of carbonyl (C=O) groups is 1. The molecule has 4 nitrogen and oxygen atoms in total. The standard InChI is InChI=1S/C15H19BrN2O2/c1-10(2)18-9-13(15(19)17-6-7-20-3)12-5-4-11(16)8-14(12)18/h4-5,8-10H,6-7H2,1-3H3,(H,17,19). The Labute approximate surface area is 127 Å². The highest BCUT2D eigenvalue weighted by molar-refractivity contribution is 9.10. The minimum absolute atomic E-state index is 0.0613. The first kappa shape index (κ1) is 15.1. The van der Waals surface area contributed by atoms with Gasteiger partial charge in [0.25, 0.3) is 5.91 Å². The van der Waals surface area contributed by atoms with Gasteiger partial charge < -0.3 is 14.6 Å². The highest BCUT2D eigenvalue weighted by Gasteiger charge is 2.16. The first-order valence-electron chi connectivity index (χ1n) is 6.61. The summed E-state index contributed by atoms with van der Waals surface area (Å²) >= 11 is 3.48. The number of nitrogens with one attached hydrogen (secondary N) is 1. The number of carbonyl (C=O) groups excluding carboxylic acids is 1. The van der Waals surface area contributed by atoms with Gasteiger partial charge in [-0.3, -0.25) is 4.79 Å². The lowest BCUT2D eigenvalue weighted by Gasteiger charge is -2.08. The molecule has 0 aliphatic heterocycles. The zero-order valence-corrected chi connectivity index (χ0v) is 13.5. The van der Waals surface area contributed by atoms with E-state index in [4.69, 9.17) is 4.74 Å². The Morgan fingerprint density at radius 3 is 2.85 bits per heavy atom. The predicted molar refractivity (Wildman–Crippen MR) is 84.2 cm³/mol. The van der Waals surface area contributed by atoms with E-state index in [1.807, 2.05) is 24.4 Å². The number of hydrogen-bond acceptors (Lipinski definition) is 2. The smallest absolute Gasteiger partial charge is 0.253 e. The SMILES string of the molecule is COCCNC(=O)c1cn(C(C)C)c2cc(Br)ccc12. The van der Waals surface area contributed by atoms with Crippen LogP contribution < -0.4 is 5.32 Å². The van der Waals surface area contributed by atoms with E-state index in [1.54, 1.807) is 7.11 Å². The number of benzene rings is 1. The number of methoxy groups -OCH3 is 1. The molecule has 2 aromatic rings. The highest BCUT2D eigenvalue weighted by Crippen LogP contribution is 2.27. The van der Waals surface area contributed by atoms with Gasteiger partial charge in [0.1, 0.15) is 0 Å². The maximum absolute atomic E-state index is 12.3. The molecule has 0 saturated heterocycles. The second-order valence-corrected chi connectivity index (χ2v) is 5.87. The van der Waals surface area contributed by atoms with E-state index >= 15 is 0 Å². The molecule has 1 aromatic heterocycles. The Kier molecular flexibility index (Phi) is 4.83. The van der Waals surface area contributed by atoms with Crippen molar-refractivity contribution >= 4 is 32.7 Å². The van der Waals surface area contributed by atoms with Gasteiger partial charge in [-0.05, 0) is 26.0 Å². The molecular weight excluding hydrogens is 320 g/mol. The zero-order valence-electron chi connectivity index (χ0n) is 11.9. The molecule has 0 atom stereocenters. The maximum atomic E-state index is 12.3. The molecule has 2 rings (SSSR count). The lowest BCUT2D eigenvalue weighted by Crippen LogP contribution is -2.26. The molecule has 1 amide bonds. The normalized spacial score (nSPS) is 11.2. The molecule has 5 heteroatoms. The van der Waals surface area contributed by atoms with Crippen molar-refractivity contribution in [2.45, 2.75) is 19.9 Å². The van der Waals surface area contributed by atoms with Crippen molar-refractivity contribution in [3.05, 3.63) is 34.4 Å². The maximum Gasteiger partial charge on any atom is 0.253 e. The molecule has 1 N–H and O–H groups in total. The van der Waals surface area contributed by atoms with Crippen molar-refractivity contribution in [2.24, 2.45) is 0 Å². The summed E-state index contributed by atoms with van der Waals surface area (Å²) in [6.45, 7) is 5.24. The van der Waals surface area contributed by atoms with Crippen LogP contribution in [0.25, 0.3) is 10.9 Å². The van der Waals surface area contributed by atoms with Crippen molar-refractivity contribution in [1.29, 1.82) is 0 Å². The second-order valence-electron chi connectivity index (χ2n) is 4.95. The van der Waals surface area contributed by atoms with Crippen LogP contribution in [0.2, 0.25) is 0 Å². The molecule has 1 heterocycles. The summed E-state index contributed by atoms with van der Waals surface area (Å²) in [7, 11) is 1.62. The van der Waals surface area contributed by atoms with Crippen LogP contribution in [0.4, 0.5) is 0 Å². The van der Waals surface area contributed by atoms with E-state index in [0.717, 1.165) is 15.4 Å². The Hall–Kier alpha value is -1.33. The molecule has 0 radical (unpaired) electrons. The number of fused-ring (bicyclic) bond motifs is 1. The van der Waals surface area contributed by atoms with Crippen LogP contribution in [-0.2, 0) is 4.74 Å². The third-order valence-electron chi connectivity index (χ3n) is 3.19. The summed E-state index contributed by atoms with van der Waals surface area (Å²) in [5.74, 6) is -0.0613. The van der Waals surface area contributed by atoms with Crippen LogP contribution in [0.5, 0.6) is 0 Å². The van der Waals surface area contributed by atoms with Crippen LogP contribution in [0.15, 0.2) is 28.9 Å². The van der Waals surface area contributed by atoms with Gasteiger partial charge in [0, 0.05) is 35.8 Å². The molecule has 0 aliphatic carbocycles. The highest BCUT2D eigenvalue weighted by atomic mass is 79.9. The fourth-order valence-electron chi connectivity index (χ4n) is 2.19. The molecule has 0 fully saturated rings. The van der Waals surface area contributed by atoms with Crippen molar-refractivity contribution in [3.63, 3.8) is 0 Å². The van der Waals surface area contributed by atoms with E-state index in [0.29, 0.717) is 24.8 Å². The summed E-state index contributed by atoms with van der Waals surface area (Å²) in [5.41, 5.74) is 1.77. The minimum Gasteiger partial charge on any atom is -0.383 e. The number of halogens is 1. The van der Waals surface area contributed by atoms with E-state index in [2.05, 4.69) is 39.7 Å². The van der Waals surface area contributed by atoms with Gasteiger partial charge in [-0.1, -0.05) is 22.0 Å². The van der Waals surface area contributed by atoms with Crippen LogP contribution >= 0.6 is 15.9 Å². The van der Waals surface area contributed by atoms with Crippen molar-refractivity contribution in [2.75, 3.05) is 20.3 Å². The topological polar surface area (TPSA) is 43.3 Å². The first-order chi connectivity index (χ1) is 9.54. The fourth-order valence-corrected chi connectivity index (χ4v) is 2.54. The Morgan fingerprint density at radius 2 is 2.20 bits per heavy atom. The van der Waals surface area contributed by atoms with Crippen LogP contribution in [0, 0.1) is 0 Å². The minimum atomic E-state index is -0.0613. The van der Waals surface area contributed by atoms with Gasteiger partial charge in [-0.25, -0.2) is 0 Å². The van der Waals surface area contributed by atoms with Crippen LogP contribution in [-0.4, -0.2) is 30.7 Å². The Balaban J connectivity index is 2.41. The number of amides is 1. The molecule has 108 valence electrons. The number of nitrogens with zero attached hydrogens (tertiary/aromatic N) is 1. The molecule has 0 bridgehead atoms. The van der Waals surface area contributed by atoms with Crippen LogP contribution in [0.3, 0.4) is 0 Å². The molecule has 0 aliphatic rings. The largest absolute Gasteiger partial charge is 0.383 e. The van der Waals surface area contributed by atoms with E-state index < -0.39 is 0 Å². The predicted octanol–water partition coefficient (Wildman–Crippen LogP) is 3.36. The van der Waals surface area contributed by atoms with Gasteiger partial charge in [0.15, 0.2) is 0 Å². The Morgan fingerprint density at radius 1 is 1.45 bits per heavy atom. The quantitative estimate of drug-likeness (QED) is 0.849. The van der Waals surface area contributed by atoms with Crippen LogP contribution in [0.1, 0.15) is 30.2 Å². The third-order valence-corrected chi connectivity index (χ3v) is 3.68. The summed E-state index contributed by atoms with van der Waals surface area (Å²) in [5, 5.41) is 3.84. The summed E-state index contributed by atoms with van der Waals surface area (Å²) < 4.78 is 8.08. The molecule has 1 aromatic carbocycles. The van der Waals surface area contributed by atoms with Gasteiger partial charge in [0.2, 0.25) is 0 Å². The fraction of sp³-hybridized carbons (Fsp3) is 0.400. The van der Waals surface area contributed by atoms with Crippen molar-refractivity contribution < 1.29 is 9.53 Å². The number of rotatable bonds is 5. The molecule has 0 spiro atoms. The average Bonchev–Trinajstić information content (AvgIpc) is 2.77. The third kappa shape index (κ3) is 3.04. The summed E-state index contributed by atoms with van der Waals surface area (Å²) in [6.07, 6.45) is 1.92. The van der Waals surface area contributed by atoms with Gasteiger partial charge >= 0.3 is 0 Å². The van der Waals surface area contributed by atoms with E-state index in [9.17, 15) is 4.79 Å². The lowest BCUT2D eigenvalue weighted by atomic mass is 10.1. The second kappa shape index (κ2) is 6.41. The monoisotopic (exact) mass is 338 g/mol. The average molecular weight is 339 g/mol. The first-order valence-corrected chi connectivity index (χ1v) is 7.41. The van der Waals surface area contributed by atoms with E-state index in [1.165, 1.54) is 0 Å². The molecule has 0 saturated carbocycles. The van der Waals surface area contributed by atoms with E-state index in [-0.39, 0.29) is 5.91 Å². The molecular formula is C15H19BrN2O2. The van der Waals surface area contributed by atoms with Gasteiger partial charge in [0.05, 0.1) is 17.7 Å². The number of aromatic nitrogens is 1. The molecule has 0 unspecified atom stereocenters. The van der Waals surface area contributed by atoms with Gasteiger partial charge in [-0.15, -0.1) is 0 Å². The number of hydrogen-bond donors (Lipinski definition) is 1. The van der Waals surface area contributed by atoms with Crippen molar-refractivity contribution in [3.8, 4) is 0 Å². The Bertz CT molecular complexity index is 620. The summed E-state index contributed by atoms with van der Waals surface area (Å²) in [6, 6.07) is 6.27. The van der Waals surface area contributed by atoms with Crippen molar-refractivity contribution in [1.82, 2.24) is 9.88 Å².